The largest absolute Gasteiger partial charge is 0.459 e. The quantitative estimate of drug-likeness (QED) is 0.794. The first-order chi connectivity index (χ1) is 12.3. The highest BCUT2D eigenvalue weighted by atomic mass is 35.5. The maximum absolute atomic E-state index is 12.8. The molecule has 2 heterocycles. The van der Waals surface area contributed by atoms with Gasteiger partial charge in [0.15, 0.2) is 5.17 Å². The molecule has 0 radical (unpaired) electrons. The number of thioether (sulfide) groups is 1. The van der Waals surface area contributed by atoms with E-state index in [1.165, 1.54) is 11.8 Å². The molecular formula is C18H17ClN4O2S. The van der Waals surface area contributed by atoms with E-state index in [4.69, 9.17) is 22.1 Å². The number of nitrogens with two attached hydrogens (primary N) is 1. The fraction of sp³-hybridized carbons (Fsp3) is 0.278. The Morgan fingerprint density at radius 1 is 1.46 bits per heavy atom. The van der Waals surface area contributed by atoms with Crippen LogP contribution in [0.4, 0.5) is 0 Å². The lowest BCUT2D eigenvalue weighted by Crippen LogP contribution is -2.39. The van der Waals surface area contributed by atoms with Gasteiger partial charge < -0.3 is 10.5 Å². The van der Waals surface area contributed by atoms with Crippen LogP contribution in [0.5, 0.6) is 0 Å². The standard InChI is InChI=1S/C18H17ClN4O2S/c1-9(2)25-17(24)14-10(3)22-18-23(16(21)13(8-20)26-18)15(14)11-6-4-5-7-12(11)19/h4-7,9,15H,21H2,1-3H3/t15-/m0/s1. The van der Waals surface area contributed by atoms with E-state index in [9.17, 15) is 10.1 Å². The first kappa shape index (κ1) is 18.4. The summed E-state index contributed by atoms with van der Waals surface area (Å²) >= 11 is 7.60. The molecule has 0 bridgehead atoms. The summed E-state index contributed by atoms with van der Waals surface area (Å²) < 4.78 is 5.42. The minimum absolute atomic E-state index is 0.253. The van der Waals surface area contributed by atoms with E-state index in [-0.39, 0.29) is 11.9 Å². The van der Waals surface area contributed by atoms with E-state index < -0.39 is 12.0 Å². The van der Waals surface area contributed by atoms with E-state index >= 15 is 0 Å². The number of hydrogen-bond acceptors (Lipinski definition) is 7. The number of aliphatic imine (C=N–C) groups is 1. The molecule has 0 amide bonds. The van der Waals surface area contributed by atoms with Gasteiger partial charge in [0.2, 0.25) is 0 Å². The van der Waals surface area contributed by atoms with Crippen molar-refractivity contribution in [3.05, 3.63) is 56.8 Å². The fourth-order valence-corrected chi connectivity index (χ4v) is 4.03. The SMILES string of the molecule is CC1=C(C(=O)OC(C)C)[C@H](c2ccccc2Cl)N2C(=N1)SC(C#N)=C2N. The van der Waals surface area contributed by atoms with Gasteiger partial charge in [-0.05, 0) is 44.2 Å². The van der Waals surface area contributed by atoms with Crippen molar-refractivity contribution in [2.45, 2.75) is 32.9 Å². The van der Waals surface area contributed by atoms with Crippen molar-refractivity contribution in [2.24, 2.45) is 10.7 Å². The van der Waals surface area contributed by atoms with E-state index in [2.05, 4.69) is 11.1 Å². The van der Waals surface area contributed by atoms with Gasteiger partial charge in [0.1, 0.15) is 16.8 Å². The summed E-state index contributed by atoms with van der Waals surface area (Å²) in [6, 6.07) is 8.69. The zero-order chi connectivity index (χ0) is 19.0. The zero-order valence-electron chi connectivity index (χ0n) is 14.5. The molecule has 8 heteroatoms. The summed E-state index contributed by atoms with van der Waals surface area (Å²) in [5.41, 5.74) is 7.77. The second kappa shape index (κ2) is 7.06. The zero-order valence-corrected chi connectivity index (χ0v) is 16.1. The molecule has 0 fully saturated rings. The predicted octanol–water partition coefficient (Wildman–Crippen LogP) is 3.68. The number of carbonyl (C=O) groups excluding carboxylic acids is 1. The van der Waals surface area contributed by atoms with Crippen LogP contribution in [-0.4, -0.2) is 22.1 Å². The van der Waals surface area contributed by atoms with Gasteiger partial charge in [-0.3, -0.25) is 4.90 Å². The van der Waals surface area contributed by atoms with E-state index in [1.54, 1.807) is 31.7 Å². The van der Waals surface area contributed by atoms with E-state index in [1.807, 2.05) is 18.2 Å². The molecule has 1 atom stereocenters. The van der Waals surface area contributed by atoms with Gasteiger partial charge in [-0.1, -0.05) is 29.8 Å². The minimum Gasteiger partial charge on any atom is -0.459 e. The van der Waals surface area contributed by atoms with Crippen LogP contribution in [0.1, 0.15) is 32.4 Å². The smallest absolute Gasteiger partial charge is 0.338 e. The molecule has 0 saturated heterocycles. The highest BCUT2D eigenvalue weighted by Gasteiger charge is 2.43. The molecule has 0 aromatic heterocycles. The normalized spacial score (nSPS) is 19.5. The Labute approximate surface area is 161 Å². The third-order valence-electron chi connectivity index (χ3n) is 3.94. The minimum atomic E-state index is -0.610. The third kappa shape index (κ3) is 3.06. The molecule has 26 heavy (non-hydrogen) atoms. The summed E-state index contributed by atoms with van der Waals surface area (Å²) in [5.74, 6) is -0.225. The van der Waals surface area contributed by atoms with Gasteiger partial charge in [-0.2, -0.15) is 5.26 Å². The van der Waals surface area contributed by atoms with Gasteiger partial charge in [0.25, 0.3) is 0 Å². The van der Waals surface area contributed by atoms with Gasteiger partial charge in [-0.25, -0.2) is 9.79 Å². The molecule has 0 aliphatic carbocycles. The van der Waals surface area contributed by atoms with Crippen LogP contribution in [0.2, 0.25) is 5.02 Å². The highest BCUT2D eigenvalue weighted by molar-refractivity contribution is 8.17. The van der Waals surface area contributed by atoms with Crippen LogP contribution in [0.3, 0.4) is 0 Å². The maximum atomic E-state index is 12.8. The summed E-state index contributed by atoms with van der Waals surface area (Å²) in [7, 11) is 0. The molecule has 0 spiro atoms. The second-order valence-electron chi connectivity index (χ2n) is 6.07. The van der Waals surface area contributed by atoms with E-state index in [0.717, 1.165) is 0 Å². The molecule has 1 aromatic carbocycles. The summed E-state index contributed by atoms with van der Waals surface area (Å²) in [6.45, 7) is 5.30. The van der Waals surface area contributed by atoms with Gasteiger partial charge in [0.05, 0.1) is 23.4 Å². The Kier molecular flexibility index (Phi) is 4.99. The number of nitriles is 1. The van der Waals surface area contributed by atoms with E-state index in [0.29, 0.717) is 31.9 Å². The molecule has 134 valence electrons. The van der Waals surface area contributed by atoms with Crippen molar-refractivity contribution in [1.82, 2.24) is 4.90 Å². The average Bonchev–Trinajstić information content (AvgIpc) is 2.89. The molecule has 1 aromatic rings. The predicted molar refractivity (Wildman–Crippen MR) is 102 cm³/mol. The number of benzene rings is 1. The Bertz CT molecular complexity index is 914. The maximum Gasteiger partial charge on any atom is 0.338 e. The molecule has 3 rings (SSSR count). The molecule has 0 saturated carbocycles. The number of hydrogen-bond donors (Lipinski definition) is 1. The topological polar surface area (TPSA) is 91.7 Å². The highest BCUT2D eigenvalue weighted by Crippen LogP contribution is 2.46. The van der Waals surface area contributed by atoms with Crippen molar-refractivity contribution in [2.75, 3.05) is 0 Å². The molecule has 2 aliphatic rings. The number of ether oxygens (including phenoxy) is 1. The van der Waals surface area contributed by atoms with Crippen LogP contribution in [0, 0.1) is 11.3 Å². The van der Waals surface area contributed by atoms with Gasteiger partial charge in [-0.15, -0.1) is 0 Å². The lowest BCUT2D eigenvalue weighted by Gasteiger charge is -2.35. The first-order valence-corrected chi connectivity index (χ1v) is 9.16. The van der Waals surface area contributed by atoms with Gasteiger partial charge >= 0.3 is 5.97 Å². The number of carbonyl (C=O) groups is 1. The lowest BCUT2D eigenvalue weighted by molar-refractivity contribution is -0.143. The number of halogens is 1. The Hall–Kier alpha value is -2.43. The fourth-order valence-electron chi connectivity index (χ4n) is 2.87. The molecule has 6 nitrogen and oxygen atoms in total. The molecule has 2 aliphatic heterocycles. The number of allylic oxidation sites excluding steroid dienone is 2. The molecule has 0 unspecified atom stereocenters. The van der Waals surface area contributed by atoms with Gasteiger partial charge in [0, 0.05) is 5.02 Å². The number of esters is 1. The van der Waals surface area contributed by atoms with Crippen LogP contribution in [0.15, 0.2) is 51.3 Å². The number of amidine groups is 1. The summed E-state index contributed by atoms with van der Waals surface area (Å²) in [5, 5.41) is 10.4. The molecular weight excluding hydrogens is 372 g/mol. The van der Waals surface area contributed by atoms with Crippen molar-refractivity contribution in [1.29, 1.82) is 5.26 Å². The molecule has 2 N–H and O–H groups in total. The number of nitrogens with zero attached hydrogens (tertiary/aromatic N) is 3. The van der Waals surface area contributed by atoms with Crippen molar-refractivity contribution in [3.8, 4) is 6.07 Å². The summed E-state index contributed by atoms with van der Waals surface area (Å²) in [4.78, 5) is 19.3. The lowest BCUT2D eigenvalue weighted by atomic mass is 9.94. The van der Waals surface area contributed by atoms with Crippen LogP contribution >= 0.6 is 23.4 Å². The summed E-state index contributed by atoms with van der Waals surface area (Å²) in [6.07, 6.45) is -0.282. The van der Waals surface area contributed by atoms with Crippen molar-refractivity contribution < 1.29 is 9.53 Å². The monoisotopic (exact) mass is 388 g/mol. The Balaban J connectivity index is 2.20. The van der Waals surface area contributed by atoms with Crippen molar-refractivity contribution >= 4 is 34.5 Å². The second-order valence-corrected chi connectivity index (χ2v) is 7.45. The van der Waals surface area contributed by atoms with Crippen LogP contribution in [-0.2, 0) is 9.53 Å². The van der Waals surface area contributed by atoms with Crippen molar-refractivity contribution in [3.63, 3.8) is 0 Å². The third-order valence-corrected chi connectivity index (χ3v) is 5.26. The number of rotatable bonds is 3. The number of fused-ring (bicyclic) bond motifs is 1. The van der Waals surface area contributed by atoms with Crippen LogP contribution < -0.4 is 5.73 Å². The average molecular weight is 389 g/mol. The van der Waals surface area contributed by atoms with Crippen LogP contribution in [0.25, 0.3) is 0 Å². The Morgan fingerprint density at radius 3 is 2.77 bits per heavy atom. The first-order valence-electron chi connectivity index (χ1n) is 7.97. The Morgan fingerprint density at radius 2 is 2.15 bits per heavy atom.